The van der Waals surface area contributed by atoms with E-state index in [0.717, 1.165) is 28.8 Å². The van der Waals surface area contributed by atoms with E-state index >= 15 is 0 Å². The Labute approximate surface area is 138 Å². The number of halogens is 1. The summed E-state index contributed by atoms with van der Waals surface area (Å²) in [5, 5.41) is 7.01. The zero-order valence-corrected chi connectivity index (χ0v) is 14.0. The quantitative estimate of drug-likeness (QED) is 0.776. The summed E-state index contributed by atoms with van der Waals surface area (Å²) < 4.78 is 7.20. The average molecular weight is 357 g/mol. The first-order valence-electron chi connectivity index (χ1n) is 7.63. The number of para-hydroxylation sites is 1. The first kappa shape index (κ1) is 13.8. The number of hydrogen-bond acceptors (Lipinski definition) is 3. The molecule has 0 saturated carbocycles. The van der Waals surface area contributed by atoms with E-state index in [1.54, 1.807) is 0 Å². The lowest BCUT2D eigenvalue weighted by Gasteiger charge is -2.37. The summed E-state index contributed by atoms with van der Waals surface area (Å²) in [6.07, 6.45) is 1.87. The van der Waals surface area contributed by atoms with E-state index in [9.17, 15) is 0 Å². The van der Waals surface area contributed by atoms with Crippen molar-refractivity contribution in [2.75, 3.05) is 0 Å². The molecule has 2 aromatic carbocycles. The van der Waals surface area contributed by atoms with Crippen molar-refractivity contribution in [3.63, 3.8) is 0 Å². The summed E-state index contributed by atoms with van der Waals surface area (Å²) in [7, 11) is 0. The molecule has 0 fully saturated rings. The minimum atomic E-state index is 0.0212. The van der Waals surface area contributed by atoms with Gasteiger partial charge in [-0.1, -0.05) is 53.2 Å². The smallest absolute Gasteiger partial charge is 0.187 e. The Kier molecular flexibility index (Phi) is 3.41. The summed E-state index contributed by atoms with van der Waals surface area (Å²) in [6, 6.07) is 17.0. The summed E-state index contributed by atoms with van der Waals surface area (Å²) in [5.41, 5.74) is 3.56. The lowest BCUT2D eigenvalue weighted by atomic mass is 9.96. The standard InChI is InChI=1S/C18H17BrN2O/c1-2-18-21-16(14-5-3-4-6-17(14)22-18)11-15(20-21)12-7-9-13(19)10-8-12/h3-10,16,18H,2,11H2,1H3/t16-,18-/m1/s1. The molecule has 0 amide bonds. The lowest BCUT2D eigenvalue weighted by Crippen LogP contribution is -2.39. The predicted octanol–water partition coefficient (Wildman–Crippen LogP) is 4.73. The molecule has 4 rings (SSSR count). The molecule has 2 aromatic rings. The fourth-order valence-corrected chi connectivity index (χ4v) is 3.46. The maximum absolute atomic E-state index is 6.11. The van der Waals surface area contributed by atoms with Crippen molar-refractivity contribution >= 4 is 21.6 Å². The summed E-state index contributed by atoms with van der Waals surface area (Å²) in [4.78, 5) is 0. The number of rotatable bonds is 2. The fourth-order valence-electron chi connectivity index (χ4n) is 3.20. The van der Waals surface area contributed by atoms with Crippen LogP contribution in [-0.4, -0.2) is 16.9 Å². The zero-order chi connectivity index (χ0) is 15.1. The third kappa shape index (κ3) is 2.22. The van der Waals surface area contributed by atoms with E-state index in [1.807, 2.05) is 6.07 Å². The molecule has 112 valence electrons. The van der Waals surface area contributed by atoms with Crippen LogP contribution >= 0.6 is 15.9 Å². The molecule has 0 bridgehead atoms. The molecule has 3 nitrogen and oxygen atoms in total. The first-order valence-corrected chi connectivity index (χ1v) is 8.43. The van der Waals surface area contributed by atoms with Crippen molar-refractivity contribution in [3.05, 3.63) is 64.1 Å². The van der Waals surface area contributed by atoms with Crippen LogP contribution in [0.25, 0.3) is 0 Å². The predicted molar refractivity (Wildman–Crippen MR) is 91.0 cm³/mol. The lowest BCUT2D eigenvalue weighted by molar-refractivity contribution is -0.0188. The first-order chi connectivity index (χ1) is 10.8. The van der Waals surface area contributed by atoms with Crippen LogP contribution in [0.15, 0.2) is 58.1 Å². The van der Waals surface area contributed by atoms with E-state index in [1.165, 1.54) is 11.1 Å². The van der Waals surface area contributed by atoms with Crippen molar-refractivity contribution in [1.82, 2.24) is 5.01 Å². The van der Waals surface area contributed by atoms with Gasteiger partial charge in [-0.3, -0.25) is 5.01 Å². The molecule has 0 saturated heterocycles. The highest BCUT2D eigenvalue weighted by Crippen LogP contribution is 2.43. The maximum Gasteiger partial charge on any atom is 0.187 e. The van der Waals surface area contributed by atoms with Crippen LogP contribution in [0.2, 0.25) is 0 Å². The van der Waals surface area contributed by atoms with Gasteiger partial charge in [-0.15, -0.1) is 0 Å². The average Bonchev–Trinajstić information content (AvgIpc) is 3.00. The van der Waals surface area contributed by atoms with Crippen LogP contribution in [0.3, 0.4) is 0 Å². The topological polar surface area (TPSA) is 24.8 Å². The monoisotopic (exact) mass is 356 g/mol. The van der Waals surface area contributed by atoms with Gasteiger partial charge in [0, 0.05) is 22.9 Å². The Morgan fingerprint density at radius 3 is 2.73 bits per heavy atom. The second kappa shape index (κ2) is 5.43. The Balaban J connectivity index is 1.72. The highest BCUT2D eigenvalue weighted by molar-refractivity contribution is 9.10. The van der Waals surface area contributed by atoms with Crippen molar-refractivity contribution in [1.29, 1.82) is 0 Å². The van der Waals surface area contributed by atoms with Gasteiger partial charge in [-0.05, 0) is 23.8 Å². The molecule has 4 heteroatoms. The summed E-state index contributed by atoms with van der Waals surface area (Å²) >= 11 is 3.49. The van der Waals surface area contributed by atoms with Gasteiger partial charge in [-0.2, -0.15) is 5.10 Å². The Morgan fingerprint density at radius 1 is 1.18 bits per heavy atom. The number of hydrogen-bond donors (Lipinski definition) is 0. The van der Waals surface area contributed by atoms with Crippen molar-refractivity contribution < 1.29 is 4.74 Å². The fraction of sp³-hybridized carbons (Fsp3) is 0.278. The normalized spacial score (nSPS) is 22.6. The molecule has 2 atom stereocenters. The van der Waals surface area contributed by atoms with E-state index < -0.39 is 0 Å². The van der Waals surface area contributed by atoms with Crippen molar-refractivity contribution in [3.8, 4) is 5.75 Å². The largest absolute Gasteiger partial charge is 0.469 e. The molecule has 0 aromatic heterocycles. The van der Waals surface area contributed by atoms with Gasteiger partial charge >= 0.3 is 0 Å². The summed E-state index contributed by atoms with van der Waals surface area (Å²) in [5.74, 6) is 1.00. The van der Waals surface area contributed by atoms with Crippen LogP contribution in [0.5, 0.6) is 5.75 Å². The molecule has 2 aliphatic rings. The second-order valence-corrected chi connectivity index (χ2v) is 6.59. The molecule has 0 radical (unpaired) electrons. The molecule has 0 unspecified atom stereocenters. The van der Waals surface area contributed by atoms with Crippen LogP contribution in [0.1, 0.15) is 36.9 Å². The van der Waals surface area contributed by atoms with Gasteiger partial charge in [0.15, 0.2) is 6.23 Å². The maximum atomic E-state index is 6.11. The molecular formula is C18H17BrN2O. The van der Waals surface area contributed by atoms with Gasteiger partial charge in [0.25, 0.3) is 0 Å². The molecule has 0 spiro atoms. The highest BCUT2D eigenvalue weighted by Gasteiger charge is 2.39. The van der Waals surface area contributed by atoms with Gasteiger partial charge in [-0.25, -0.2) is 0 Å². The second-order valence-electron chi connectivity index (χ2n) is 5.67. The number of nitrogens with zero attached hydrogens (tertiary/aromatic N) is 2. The molecule has 0 N–H and O–H groups in total. The highest BCUT2D eigenvalue weighted by atomic mass is 79.9. The number of ether oxygens (including phenoxy) is 1. The molecular weight excluding hydrogens is 340 g/mol. The van der Waals surface area contributed by atoms with Crippen LogP contribution in [0.4, 0.5) is 0 Å². The number of hydrazone groups is 1. The van der Waals surface area contributed by atoms with Crippen LogP contribution < -0.4 is 4.74 Å². The molecule has 22 heavy (non-hydrogen) atoms. The van der Waals surface area contributed by atoms with Crippen molar-refractivity contribution in [2.24, 2.45) is 5.10 Å². The minimum Gasteiger partial charge on any atom is -0.469 e. The summed E-state index contributed by atoms with van der Waals surface area (Å²) in [6.45, 7) is 2.14. The van der Waals surface area contributed by atoms with Crippen molar-refractivity contribution in [2.45, 2.75) is 32.0 Å². The number of fused-ring (bicyclic) bond motifs is 3. The third-order valence-corrected chi connectivity index (χ3v) is 4.83. The van der Waals surface area contributed by atoms with E-state index in [0.29, 0.717) is 0 Å². The van der Waals surface area contributed by atoms with E-state index in [2.05, 4.69) is 70.3 Å². The third-order valence-electron chi connectivity index (χ3n) is 4.30. The Hall–Kier alpha value is -1.81. The Morgan fingerprint density at radius 2 is 1.95 bits per heavy atom. The van der Waals surface area contributed by atoms with E-state index in [4.69, 9.17) is 9.84 Å². The zero-order valence-electron chi connectivity index (χ0n) is 12.4. The van der Waals surface area contributed by atoms with Crippen LogP contribution in [-0.2, 0) is 0 Å². The van der Waals surface area contributed by atoms with Gasteiger partial charge in [0.05, 0.1) is 11.8 Å². The molecule has 2 heterocycles. The minimum absolute atomic E-state index is 0.0212. The molecule has 2 aliphatic heterocycles. The number of benzene rings is 2. The SMILES string of the molecule is CC[C@H]1Oc2ccccc2[C@H]2CC(c3ccc(Br)cc3)=NN21. The Bertz CT molecular complexity index is 726. The van der Waals surface area contributed by atoms with Gasteiger partial charge in [0.2, 0.25) is 0 Å². The van der Waals surface area contributed by atoms with Gasteiger partial charge < -0.3 is 4.74 Å². The van der Waals surface area contributed by atoms with E-state index in [-0.39, 0.29) is 12.3 Å². The molecule has 0 aliphatic carbocycles. The van der Waals surface area contributed by atoms with Crippen LogP contribution in [0, 0.1) is 0 Å². The van der Waals surface area contributed by atoms with Gasteiger partial charge in [0.1, 0.15) is 5.75 Å².